The van der Waals surface area contributed by atoms with E-state index < -0.39 is 0 Å². The van der Waals surface area contributed by atoms with Crippen LogP contribution < -0.4 is 10.6 Å². The summed E-state index contributed by atoms with van der Waals surface area (Å²) in [6.07, 6.45) is 10.9. The number of nitrogens with one attached hydrogen (secondary N) is 2. The first-order chi connectivity index (χ1) is 9.93. The van der Waals surface area contributed by atoms with Gasteiger partial charge >= 0.3 is 0 Å². The van der Waals surface area contributed by atoms with Crippen LogP contribution in [0.4, 0.5) is 0 Å². The summed E-state index contributed by atoms with van der Waals surface area (Å²) >= 11 is 0. The zero-order chi connectivity index (χ0) is 14.3. The van der Waals surface area contributed by atoms with E-state index >= 15 is 0 Å². The van der Waals surface area contributed by atoms with Gasteiger partial charge in [0.15, 0.2) is 0 Å². The van der Waals surface area contributed by atoms with Crippen LogP contribution in [-0.4, -0.2) is 29.5 Å². The van der Waals surface area contributed by atoms with Gasteiger partial charge < -0.3 is 10.6 Å². The van der Waals surface area contributed by atoms with Gasteiger partial charge in [-0.3, -0.25) is 0 Å². The summed E-state index contributed by atoms with van der Waals surface area (Å²) in [6, 6.07) is 10.7. The Balaban J connectivity index is 1.77. The second-order valence-electron chi connectivity index (χ2n) is 5.49. The largest absolute Gasteiger partial charge is 0.320 e. The molecule has 0 radical (unpaired) electrons. The summed E-state index contributed by atoms with van der Waals surface area (Å²) in [5.41, 5.74) is 1.39. The molecule has 0 aromatic heterocycles. The van der Waals surface area contributed by atoms with Gasteiger partial charge in [0.25, 0.3) is 0 Å². The second kappa shape index (κ2) is 13.3. The Kier molecular flexibility index (Phi) is 11.6. The highest BCUT2D eigenvalue weighted by molar-refractivity contribution is 6.08. The summed E-state index contributed by atoms with van der Waals surface area (Å²) < 4.78 is 0. The van der Waals surface area contributed by atoms with Crippen LogP contribution in [0.25, 0.3) is 0 Å². The van der Waals surface area contributed by atoms with Gasteiger partial charge in [-0.2, -0.15) is 0 Å². The van der Waals surface area contributed by atoms with Crippen molar-refractivity contribution in [3.8, 4) is 0 Å². The molecule has 0 heterocycles. The topological polar surface area (TPSA) is 24.1 Å². The van der Waals surface area contributed by atoms with Crippen molar-refractivity contribution < 1.29 is 0 Å². The lowest BCUT2D eigenvalue weighted by Crippen LogP contribution is -2.16. The van der Waals surface area contributed by atoms with Gasteiger partial charge in [-0.05, 0) is 37.7 Å². The Morgan fingerprint density at radius 2 is 1.25 bits per heavy atom. The van der Waals surface area contributed by atoms with Crippen LogP contribution in [0.15, 0.2) is 30.3 Å². The molecule has 0 spiro atoms. The average Bonchev–Trinajstić information content (AvgIpc) is 2.49. The second-order valence-corrected chi connectivity index (χ2v) is 6.20. The van der Waals surface area contributed by atoms with Gasteiger partial charge in [-0.1, -0.05) is 62.4 Å². The van der Waals surface area contributed by atoms with Crippen molar-refractivity contribution in [3.63, 3.8) is 0 Å². The highest BCUT2D eigenvalue weighted by Crippen LogP contribution is 2.06. The van der Waals surface area contributed by atoms with E-state index in [9.17, 15) is 0 Å². The van der Waals surface area contributed by atoms with Gasteiger partial charge in [0.05, 0.1) is 0 Å². The third-order valence-corrected chi connectivity index (χ3v) is 4.13. The van der Waals surface area contributed by atoms with Crippen LogP contribution in [0.1, 0.15) is 50.5 Å². The van der Waals surface area contributed by atoms with Gasteiger partial charge in [-0.25, -0.2) is 0 Å². The predicted octanol–water partition coefficient (Wildman–Crippen LogP) is 2.42. The smallest absolute Gasteiger partial charge is 0.0205 e. The molecule has 2 N–H and O–H groups in total. The minimum absolute atomic E-state index is 1.01. The highest BCUT2D eigenvalue weighted by Gasteiger charge is 1.93. The van der Waals surface area contributed by atoms with Crippen molar-refractivity contribution in [2.24, 2.45) is 0 Å². The van der Waals surface area contributed by atoms with E-state index in [0.29, 0.717) is 0 Å². The Labute approximate surface area is 128 Å². The third-order valence-electron chi connectivity index (χ3n) is 3.63. The predicted molar refractivity (Wildman–Crippen MR) is 93.3 cm³/mol. The Hall–Kier alpha value is -0.643. The minimum atomic E-state index is 1.01. The quantitative estimate of drug-likeness (QED) is 0.431. The number of benzene rings is 1. The molecule has 20 heavy (non-hydrogen) atoms. The Morgan fingerprint density at radius 3 is 1.85 bits per heavy atom. The molecule has 2 nitrogen and oxygen atoms in total. The fraction of sp³-hybridized carbons (Fsp3) is 0.647. The lowest BCUT2D eigenvalue weighted by molar-refractivity contribution is 0.551. The number of unbranched alkanes of at least 4 members (excludes halogenated alkanes) is 6. The van der Waals surface area contributed by atoms with E-state index in [0.717, 1.165) is 13.1 Å². The first-order valence-electron chi connectivity index (χ1n) is 8.39. The van der Waals surface area contributed by atoms with Crippen LogP contribution in [0, 0.1) is 0 Å². The van der Waals surface area contributed by atoms with Crippen molar-refractivity contribution in [1.29, 1.82) is 0 Å². The zero-order valence-electron chi connectivity index (χ0n) is 13.2. The molecule has 0 atom stereocenters. The van der Waals surface area contributed by atoms with Gasteiger partial charge in [0.2, 0.25) is 0 Å². The van der Waals surface area contributed by atoms with E-state index in [4.69, 9.17) is 0 Å². The van der Waals surface area contributed by atoms with Gasteiger partial charge in [0.1, 0.15) is 0 Å². The van der Waals surface area contributed by atoms with Crippen molar-refractivity contribution in [2.75, 3.05) is 19.3 Å². The molecule has 0 saturated carbocycles. The summed E-state index contributed by atoms with van der Waals surface area (Å²) in [5.74, 6) is 0. The lowest BCUT2D eigenvalue weighted by atomic mass is 10.1. The van der Waals surface area contributed by atoms with E-state index in [1.165, 1.54) is 73.5 Å². The van der Waals surface area contributed by atoms with E-state index in [2.05, 4.69) is 41.0 Å². The maximum atomic E-state index is 3.52. The van der Waals surface area contributed by atoms with Crippen LogP contribution in [0.5, 0.6) is 0 Å². The number of rotatable bonds is 13. The Bertz CT molecular complexity index is 303. The molecular formula is C17H32N2Si. The van der Waals surface area contributed by atoms with E-state index in [1.54, 1.807) is 0 Å². The molecule has 1 rings (SSSR count). The molecule has 0 aliphatic carbocycles. The maximum Gasteiger partial charge on any atom is 0.0205 e. The van der Waals surface area contributed by atoms with Crippen molar-refractivity contribution in [3.05, 3.63) is 35.9 Å². The molecular weight excluding hydrogens is 260 g/mol. The molecule has 3 heteroatoms. The van der Waals surface area contributed by atoms with E-state index in [1.807, 2.05) is 0 Å². The van der Waals surface area contributed by atoms with Gasteiger partial charge in [0, 0.05) is 16.8 Å². The SMILES string of the molecule is [SiH3]CNCCCCCCCCCNCc1ccccc1. The monoisotopic (exact) mass is 292 g/mol. The molecule has 1 aromatic carbocycles. The highest BCUT2D eigenvalue weighted by atomic mass is 28.1. The normalized spacial score (nSPS) is 11.0. The lowest BCUT2D eigenvalue weighted by Gasteiger charge is -2.05. The van der Waals surface area contributed by atoms with Crippen LogP contribution in [0.3, 0.4) is 0 Å². The van der Waals surface area contributed by atoms with Crippen molar-refractivity contribution in [2.45, 2.75) is 51.5 Å². The molecule has 114 valence electrons. The molecule has 0 aliphatic heterocycles. The fourth-order valence-corrected chi connectivity index (χ4v) is 2.74. The number of hydrogen-bond acceptors (Lipinski definition) is 2. The van der Waals surface area contributed by atoms with Gasteiger partial charge in [-0.15, -0.1) is 0 Å². The maximum absolute atomic E-state index is 3.52. The summed E-state index contributed by atoms with van der Waals surface area (Å²) in [4.78, 5) is 0. The molecule has 0 saturated heterocycles. The molecule has 1 aromatic rings. The van der Waals surface area contributed by atoms with Crippen LogP contribution >= 0.6 is 0 Å². The van der Waals surface area contributed by atoms with Crippen LogP contribution in [0.2, 0.25) is 0 Å². The Morgan fingerprint density at radius 1 is 0.700 bits per heavy atom. The standard InChI is InChI=1S/C17H32N2Si/c20-16-19-14-10-5-3-1-2-4-9-13-18-15-17-11-7-6-8-12-17/h6-8,11-12,18-19H,1-5,9-10,13-16H2,20H3. The van der Waals surface area contributed by atoms with Crippen molar-refractivity contribution in [1.82, 2.24) is 10.6 Å². The number of hydrogen-bond donors (Lipinski definition) is 2. The molecule has 0 unspecified atom stereocenters. The molecule has 0 amide bonds. The summed E-state index contributed by atoms with van der Waals surface area (Å²) in [7, 11) is 1.28. The zero-order valence-corrected chi connectivity index (χ0v) is 15.2. The molecule has 0 bridgehead atoms. The minimum Gasteiger partial charge on any atom is -0.320 e. The van der Waals surface area contributed by atoms with Crippen molar-refractivity contribution >= 4 is 10.2 Å². The first kappa shape index (κ1) is 17.4. The summed E-state index contributed by atoms with van der Waals surface area (Å²) in [6.45, 7) is 3.39. The average molecular weight is 293 g/mol. The fourth-order valence-electron chi connectivity index (χ4n) is 2.39. The molecule has 0 aliphatic rings. The molecule has 0 fully saturated rings. The van der Waals surface area contributed by atoms with Crippen LogP contribution in [-0.2, 0) is 6.54 Å². The third kappa shape index (κ3) is 10.2. The first-order valence-corrected chi connectivity index (χ1v) is 9.80. The van der Waals surface area contributed by atoms with E-state index in [-0.39, 0.29) is 0 Å². The summed E-state index contributed by atoms with van der Waals surface area (Å²) in [5, 5.41) is 6.96.